The summed E-state index contributed by atoms with van der Waals surface area (Å²) in [5.74, 6) is 1.27. The molecule has 1 heteroatoms. The molecule has 1 aliphatic rings. The van der Waals surface area contributed by atoms with Gasteiger partial charge in [0.15, 0.2) is 0 Å². The zero-order valence-corrected chi connectivity index (χ0v) is 18.0. The Balaban J connectivity index is 2.12. The molecule has 0 aromatic heterocycles. The molecule has 0 unspecified atom stereocenters. The fraction of sp³-hybridized carbons (Fsp3) is 0.538. The average Bonchev–Trinajstić information content (AvgIpc) is 2.92. The fourth-order valence-corrected chi connectivity index (χ4v) is 4.73. The first kappa shape index (κ1) is 20.1. The predicted molar refractivity (Wildman–Crippen MR) is 116 cm³/mol. The molecule has 1 atom stereocenters. The third kappa shape index (κ3) is 4.46. The maximum Gasteiger partial charge on any atom is 0.0840 e. The van der Waals surface area contributed by atoms with Crippen molar-refractivity contribution < 1.29 is 5.11 Å². The molecular formula is C26H36O. The van der Waals surface area contributed by atoms with Gasteiger partial charge in [-0.15, -0.1) is 0 Å². The lowest BCUT2D eigenvalue weighted by Gasteiger charge is -2.30. The van der Waals surface area contributed by atoms with Crippen molar-refractivity contribution in [2.24, 2.45) is 11.3 Å². The number of aliphatic hydroxyl groups is 1. The van der Waals surface area contributed by atoms with Crippen LogP contribution in [0.2, 0.25) is 0 Å². The van der Waals surface area contributed by atoms with Crippen molar-refractivity contribution in [2.45, 2.75) is 78.7 Å². The first-order valence-electron chi connectivity index (χ1n) is 10.5. The van der Waals surface area contributed by atoms with Crippen LogP contribution in [0.25, 0.3) is 11.1 Å². The Morgan fingerprint density at radius 2 is 1.85 bits per heavy atom. The largest absolute Gasteiger partial charge is 0.386 e. The number of benzene rings is 2. The Morgan fingerprint density at radius 1 is 1.11 bits per heavy atom. The lowest BCUT2D eigenvalue weighted by Crippen LogP contribution is -2.17. The van der Waals surface area contributed by atoms with Gasteiger partial charge in [0, 0.05) is 0 Å². The van der Waals surface area contributed by atoms with E-state index in [1.807, 2.05) is 19.9 Å². The molecule has 0 radical (unpaired) electrons. The molecule has 1 fully saturated rings. The highest BCUT2D eigenvalue weighted by Crippen LogP contribution is 2.51. The van der Waals surface area contributed by atoms with Crippen LogP contribution in [-0.4, -0.2) is 5.11 Å². The van der Waals surface area contributed by atoms with Crippen LogP contribution in [0.3, 0.4) is 0 Å². The SMILES string of the molecule is CC(C)Cc1ccc(-c2cccc(C(C)(C)O)c2)c([C@H]2CCCC2(C)C)c1. The molecule has 0 aliphatic heterocycles. The van der Waals surface area contributed by atoms with E-state index in [0.717, 1.165) is 12.0 Å². The average molecular weight is 365 g/mol. The molecule has 0 saturated heterocycles. The van der Waals surface area contributed by atoms with E-state index in [9.17, 15) is 5.11 Å². The van der Waals surface area contributed by atoms with Crippen molar-refractivity contribution >= 4 is 0 Å². The van der Waals surface area contributed by atoms with Gasteiger partial charge in [-0.25, -0.2) is 0 Å². The maximum absolute atomic E-state index is 10.5. The fourth-order valence-electron chi connectivity index (χ4n) is 4.73. The van der Waals surface area contributed by atoms with Crippen LogP contribution < -0.4 is 0 Å². The zero-order valence-electron chi connectivity index (χ0n) is 18.0. The van der Waals surface area contributed by atoms with Gasteiger partial charge < -0.3 is 5.11 Å². The van der Waals surface area contributed by atoms with Gasteiger partial charge in [-0.3, -0.25) is 0 Å². The van der Waals surface area contributed by atoms with Crippen LogP contribution in [0.4, 0.5) is 0 Å². The van der Waals surface area contributed by atoms with Crippen molar-refractivity contribution in [2.75, 3.05) is 0 Å². The van der Waals surface area contributed by atoms with Crippen LogP contribution in [0.15, 0.2) is 42.5 Å². The van der Waals surface area contributed by atoms with Crippen molar-refractivity contribution in [3.05, 3.63) is 59.2 Å². The van der Waals surface area contributed by atoms with E-state index in [1.165, 1.54) is 41.5 Å². The minimum absolute atomic E-state index is 0.346. The van der Waals surface area contributed by atoms with Gasteiger partial charge in [0.25, 0.3) is 0 Å². The number of rotatable bonds is 5. The summed E-state index contributed by atoms with van der Waals surface area (Å²) in [6.07, 6.45) is 5.02. The standard InChI is InChI=1S/C26H36O/c1-18(2)15-19-12-13-22(20-9-7-10-21(17-20)26(5,6)27)23(16-19)24-11-8-14-25(24,3)4/h7,9-10,12-13,16-18,24,27H,8,11,14-15H2,1-6H3/t24-/m1/s1. The van der Waals surface area contributed by atoms with Gasteiger partial charge in [0.1, 0.15) is 0 Å². The summed E-state index contributed by atoms with van der Waals surface area (Å²) in [5.41, 5.74) is 6.02. The molecule has 0 bridgehead atoms. The maximum atomic E-state index is 10.5. The van der Waals surface area contributed by atoms with E-state index in [2.05, 4.69) is 64.1 Å². The van der Waals surface area contributed by atoms with Gasteiger partial charge in [0.2, 0.25) is 0 Å². The zero-order chi connectivity index (χ0) is 19.8. The van der Waals surface area contributed by atoms with E-state index in [1.54, 1.807) is 0 Å². The van der Waals surface area contributed by atoms with Gasteiger partial charge in [-0.1, -0.05) is 70.5 Å². The number of hydrogen-bond acceptors (Lipinski definition) is 1. The van der Waals surface area contributed by atoms with Gasteiger partial charge in [-0.2, -0.15) is 0 Å². The Bertz CT molecular complexity index is 792. The summed E-state index contributed by atoms with van der Waals surface area (Å²) >= 11 is 0. The summed E-state index contributed by atoms with van der Waals surface area (Å²) in [6, 6.07) is 15.6. The third-order valence-corrected chi connectivity index (χ3v) is 6.27. The van der Waals surface area contributed by atoms with E-state index < -0.39 is 5.60 Å². The van der Waals surface area contributed by atoms with Crippen molar-refractivity contribution in [1.29, 1.82) is 0 Å². The summed E-state index contributed by atoms with van der Waals surface area (Å²) in [6.45, 7) is 13.2. The Hall–Kier alpha value is -1.60. The monoisotopic (exact) mass is 364 g/mol. The predicted octanol–water partition coefficient (Wildman–Crippen LogP) is 7.07. The van der Waals surface area contributed by atoms with Gasteiger partial charge in [0.05, 0.1) is 5.60 Å². The van der Waals surface area contributed by atoms with Crippen LogP contribution in [0.5, 0.6) is 0 Å². The lowest BCUT2D eigenvalue weighted by atomic mass is 9.74. The van der Waals surface area contributed by atoms with Crippen molar-refractivity contribution in [3.8, 4) is 11.1 Å². The van der Waals surface area contributed by atoms with Gasteiger partial charge in [-0.05, 0) is 84.2 Å². The second-order valence-electron chi connectivity index (χ2n) is 10.1. The van der Waals surface area contributed by atoms with E-state index in [4.69, 9.17) is 0 Å². The van der Waals surface area contributed by atoms with Crippen LogP contribution in [0.1, 0.15) is 83.4 Å². The molecule has 1 aliphatic carbocycles. The van der Waals surface area contributed by atoms with E-state index in [-0.39, 0.29) is 0 Å². The quantitative estimate of drug-likeness (QED) is 0.601. The minimum atomic E-state index is -0.819. The first-order chi connectivity index (χ1) is 12.6. The molecule has 2 aromatic rings. The molecular weight excluding hydrogens is 328 g/mol. The van der Waals surface area contributed by atoms with Crippen LogP contribution >= 0.6 is 0 Å². The van der Waals surface area contributed by atoms with Crippen LogP contribution in [-0.2, 0) is 12.0 Å². The number of hydrogen-bond donors (Lipinski definition) is 1. The molecule has 1 N–H and O–H groups in total. The topological polar surface area (TPSA) is 20.2 Å². The Labute approximate surface area is 165 Å². The third-order valence-electron chi connectivity index (χ3n) is 6.27. The molecule has 0 heterocycles. The second kappa shape index (κ2) is 7.43. The summed E-state index contributed by atoms with van der Waals surface area (Å²) < 4.78 is 0. The summed E-state index contributed by atoms with van der Waals surface area (Å²) in [4.78, 5) is 0. The second-order valence-corrected chi connectivity index (χ2v) is 10.1. The normalized spacial score (nSPS) is 19.6. The highest BCUT2D eigenvalue weighted by atomic mass is 16.3. The molecule has 2 aromatic carbocycles. The molecule has 1 saturated carbocycles. The molecule has 146 valence electrons. The van der Waals surface area contributed by atoms with Gasteiger partial charge >= 0.3 is 0 Å². The molecule has 0 spiro atoms. The van der Waals surface area contributed by atoms with Crippen LogP contribution in [0, 0.1) is 11.3 Å². The van der Waals surface area contributed by atoms with E-state index in [0.29, 0.717) is 17.3 Å². The smallest absolute Gasteiger partial charge is 0.0840 e. The first-order valence-corrected chi connectivity index (χ1v) is 10.5. The van der Waals surface area contributed by atoms with E-state index >= 15 is 0 Å². The van der Waals surface area contributed by atoms with Crippen molar-refractivity contribution in [3.63, 3.8) is 0 Å². The Morgan fingerprint density at radius 3 is 2.44 bits per heavy atom. The molecule has 3 rings (SSSR count). The lowest BCUT2D eigenvalue weighted by molar-refractivity contribution is 0.0786. The molecule has 0 amide bonds. The highest BCUT2D eigenvalue weighted by molar-refractivity contribution is 5.70. The molecule has 27 heavy (non-hydrogen) atoms. The minimum Gasteiger partial charge on any atom is -0.386 e. The highest BCUT2D eigenvalue weighted by Gasteiger charge is 2.36. The summed E-state index contributed by atoms with van der Waals surface area (Å²) in [5, 5.41) is 10.5. The summed E-state index contributed by atoms with van der Waals surface area (Å²) in [7, 11) is 0. The van der Waals surface area contributed by atoms with Crippen molar-refractivity contribution in [1.82, 2.24) is 0 Å². The Kier molecular flexibility index (Phi) is 5.54. The molecule has 1 nitrogen and oxygen atoms in total.